The molecule has 0 atom stereocenters. The van der Waals surface area contributed by atoms with Gasteiger partial charge >= 0.3 is 0 Å². The number of carbonyl (C=O) groups excluding carboxylic acids is 1. The zero-order chi connectivity index (χ0) is 15.5. The first-order valence-corrected chi connectivity index (χ1v) is 8.50. The van der Waals surface area contributed by atoms with Crippen LogP contribution in [0.2, 0.25) is 5.02 Å². The second kappa shape index (κ2) is 6.44. The van der Waals surface area contributed by atoms with Crippen LogP contribution in [-0.2, 0) is 0 Å². The Balaban J connectivity index is 1.97. The Hall–Kier alpha value is -1.95. The molecule has 0 aliphatic carbocycles. The third-order valence-corrected chi connectivity index (χ3v) is 4.83. The second-order valence-corrected chi connectivity index (χ2v) is 6.80. The molecule has 0 aliphatic heterocycles. The van der Waals surface area contributed by atoms with Crippen molar-refractivity contribution in [3.05, 3.63) is 76.8 Å². The number of aromatic amines is 1. The average Bonchev–Trinajstić information content (AvgIpc) is 3.11. The summed E-state index contributed by atoms with van der Waals surface area (Å²) in [6.07, 6.45) is 3.24. The van der Waals surface area contributed by atoms with E-state index >= 15 is 0 Å². The molecule has 0 saturated heterocycles. The molecule has 1 aromatic carbocycles. The largest absolute Gasteiger partial charge is 0.313 e. The van der Waals surface area contributed by atoms with Gasteiger partial charge < -0.3 is 4.98 Å². The maximum atomic E-state index is 12.1. The first-order chi connectivity index (χ1) is 10.6. The number of H-pyrrole nitrogens is 1. The van der Waals surface area contributed by atoms with Crippen LogP contribution in [0.15, 0.2) is 45.9 Å². The zero-order valence-electron chi connectivity index (χ0n) is 11.2. The van der Waals surface area contributed by atoms with Crippen LogP contribution < -0.4 is 14.8 Å². The zero-order valence-corrected chi connectivity index (χ0v) is 13.6. The highest BCUT2D eigenvalue weighted by atomic mass is 35.5. The number of halogens is 1. The SMILES string of the molecule is O=C(/C=c1\[nH]c(=O)/c(=C\c2ccsc2)s1)c1ccc(Cl)cc1. The van der Waals surface area contributed by atoms with E-state index in [4.69, 9.17) is 11.6 Å². The molecule has 6 heteroatoms. The van der Waals surface area contributed by atoms with Gasteiger partial charge in [0.05, 0.1) is 9.20 Å². The molecule has 22 heavy (non-hydrogen) atoms. The van der Waals surface area contributed by atoms with Crippen molar-refractivity contribution in [1.29, 1.82) is 0 Å². The quantitative estimate of drug-likeness (QED) is 0.740. The van der Waals surface area contributed by atoms with Crippen LogP contribution in [0.3, 0.4) is 0 Å². The van der Waals surface area contributed by atoms with Crippen molar-refractivity contribution in [2.24, 2.45) is 0 Å². The highest BCUT2D eigenvalue weighted by Gasteiger charge is 2.03. The lowest BCUT2D eigenvalue weighted by Crippen LogP contribution is -2.19. The van der Waals surface area contributed by atoms with Crippen LogP contribution in [0.4, 0.5) is 0 Å². The Morgan fingerprint density at radius 1 is 1.18 bits per heavy atom. The maximum absolute atomic E-state index is 12.1. The number of aromatic nitrogens is 1. The Labute approximate surface area is 138 Å². The Bertz CT molecular complexity index is 967. The minimum Gasteiger partial charge on any atom is -0.313 e. The van der Waals surface area contributed by atoms with Crippen molar-refractivity contribution >= 4 is 52.2 Å². The highest BCUT2D eigenvalue weighted by molar-refractivity contribution is 7.08. The molecule has 3 aromatic rings. The fourth-order valence-electron chi connectivity index (χ4n) is 1.85. The number of thiazole rings is 1. The van der Waals surface area contributed by atoms with Gasteiger partial charge in [-0.1, -0.05) is 11.6 Å². The maximum Gasteiger partial charge on any atom is 0.266 e. The van der Waals surface area contributed by atoms with Crippen molar-refractivity contribution in [3.8, 4) is 0 Å². The van der Waals surface area contributed by atoms with Crippen molar-refractivity contribution < 1.29 is 4.79 Å². The van der Waals surface area contributed by atoms with E-state index in [1.165, 1.54) is 17.4 Å². The van der Waals surface area contributed by atoms with Gasteiger partial charge in [-0.15, -0.1) is 11.3 Å². The van der Waals surface area contributed by atoms with E-state index < -0.39 is 0 Å². The van der Waals surface area contributed by atoms with Gasteiger partial charge in [0, 0.05) is 16.7 Å². The Kier molecular flexibility index (Phi) is 4.38. The summed E-state index contributed by atoms with van der Waals surface area (Å²) in [5.74, 6) is -0.170. The van der Waals surface area contributed by atoms with E-state index in [0.29, 0.717) is 19.8 Å². The van der Waals surface area contributed by atoms with Gasteiger partial charge in [0.2, 0.25) is 0 Å². The van der Waals surface area contributed by atoms with Crippen molar-refractivity contribution in [1.82, 2.24) is 4.98 Å². The van der Waals surface area contributed by atoms with Crippen LogP contribution in [0.25, 0.3) is 12.2 Å². The second-order valence-electron chi connectivity index (χ2n) is 4.50. The summed E-state index contributed by atoms with van der Waals surface area (Å²) < 4.78 is 1.11. The van der Waals surface area contributed by atoms with E-state index in [1.54, 1.807) is 35.6 Å². The molecule has 0 fully saturated rings. The van der Waals surface area contributed by atoms with Gasteiger partial charge in [0.25, 0.3) is 5.56 Å². The van der Waals surface area contributed by atoms with Crippen LogP contribution in [0, 0.1) is 0 Å². The molecule has 3 nitrogen and oxygen atoms in total. The van der Waals surface area contributed by atoms with Crippen molar-refractivity contribution in [2.45, 2.75) is 0 Å². The summed E-state index contributed by atoms with van der Waals surface area (Å²) in [6.45, 7) is 0. The van der Waals surface area contributed by atoms with Gasteiger partial charge in [0.15, 0.2) is 5.78 Å². The monoisotopic (exact) mass is 347 g/mol. The predicted molar refractivity (Wildman–Crippen MR) is 92.3 cm³/mol. The third kappa shape index (κ3) is 3.44. The fraction of sp³-hybridized carbons (Fsp3) is 0. The van der Waals surface area contributed by atoms with Crippen LogP contribution in [0.5, 0.6) is 0 Å². The molecule has 0 amide bonds. The molecule has 0 bridgehead atoms. The molecular weight excluding hydrogens is 338 g/mol. The van der Waals surface area contributed by atoms with E-state index in [0.717, 1.165) is 5.56 Å². The molecule has 3 rings (SSSR count). The smallest absolute Gasteiger partial charge is 0.266 e. The minimum absolute atomic E-state index is 0.170. The number of carbonyl (C=O) groups is 1. The predicted octanol–water partition coefficient (Wildman–Crippen LogP) is 2.64. The number of nitrogens with one attached hydrogen (secondary N) is 1. The number of benzene rings is 1. The molecule has 0 spiro atoms. The first kappa shape index (κ1) is 15.0. The lowest BCUT2D eigenvalue weighted by Gasteiger charge is -1.94. The lowest BCUT2D eigenvalue weighted by atomic mass is 10.1. The van der Waals surface area contributed by atoms with Crippen LogP contribution in [0.1, 0.15) is 15.9 Å². The van der Waals surface area contributed by atoms with Gasteiger partial charge in [-0.2, -0.15) is 11.3 Å². The standard InChI is InChI=1S/C16H10ClNO2S2/c17-12-3-1-11(2-4-12)13(19)8-15-18-16(20)14(22-15)7-10-5-6-21-9-10/h1-9H,(H,18,20)/b14-7+,15-8+. The summed E-state index contributed by atoms with van der Waals surface area (Å²) in [6, 6.07) is 8.58. The third-order valence-electron chi connectivity index (χ3n) is 2.91. The van der Waals surface area contributed by atoms with Crippen molar-refractivity contribution in [3.63, 3.8) is 0 Å². The van der Waals surface area contributed by atoms with Gasteiger partial charge in [-0.05, 0) is 52.7 Å². The molecule has 0 aliphatic rings. The van der Waals surface area contributed by atoms with Crippen LogP contribution >= 0.6 is 34.3 Å². The summed E-state index contributed by atoms with van der Waals surface area (Å²) in [5, 5.41) is 4.49. The first-order valence-electron chi connectivity index (χ1n) is 6.36. The molecule has 0 radical (unpaired) electrons. The molecule has 2 aromatic heterocycles. The number of rotatable bonds is 3. The van der Waals surface area contributed by atoms with Crippen molar-refractivity contribution in [2.75, 3.05) is 0 Å². The lowest BCUT2D eigenvalue weighted by molar-refractivity contribution is 0.106. The van der Waals surface area contributed by atoms with Crippen LogP contribution in [-0.4, -0.2) is 10.8 Å². The van der Waals surface area contributed by atoms with E-state index in [-0.39, 0.29) is 11.3 Å². The van der Waals surface area contributed by atoms with Gasteiger partial charge in [-0.3, -0.25) is 9.59 Å². The molecule has 0 saturated carbocycles. The topological polar surface area (TPSA) is 49.9 Å². The van der Waals surface area contributed by atoms with E-state index in [2.05, 4.69) is 4.98 Å². The van der Waals surface area contributed by atoms with E-state index in [9.17, 15) is 9.59 Å². The number of thiophene rings is 1. The summed E-state index contributed by atoms with van der Waals surface area (Å²) in [7, 11) is 0. The van der Waals surface area contributed by atoms with Gasteiger partial charge in [0.1, 0.15) is 0 Å². The number of ketones is 1. The molecule has 2 heterocycles. The number of hydrogen-bond donors (Lipinski definition) is 1. The summed E-state index contributed by atoms with van der Waals surface area (Å²) >= 11 is 8.63. The average molecular weight is 348 g/mol. The Morgan fingerprint density at radius 2 is 1.95 bits per heavy atom. The molecule has 110 valence electrons. The Morgan fingerprint density at radius 3 is 2.64 bits per heavy atom. The molecule has 0 unspecified atom stereocenters. The molecular formula is C16H10ClNO2S2. The normalized spacial score (nSPS) is 12.8. The minimum atomic E-state index is -0.189. The fourth-order valence-corrected chi connectivity index (χ4v) is 3.48. The summed E-state index contributed by atoms with van der Waals surface area (Å²) in [5.41, 5.74) is 1.32. The van der Waals surface area contributed by atoms with Gasteiger partial charge in [-0.25, -0.2) is 0 Å². The van der Waals surface area contributed by atoms with E-state index in [1.807, 2.05) is 22.9 Å². The molecule has 1 N–H and O–H groups in total. The highest BCUT2D eigenvalue weighted by Crippen LogP contribution is 2.10. The number of Topliss-reactive ketones (excluding diaryl/α,β-unsaturated/α-hetero) is 1. The summed E-state index contributed by atoms with van der Waals surface area (Å²) in [4.78, 5) is 26.7. The number of hydrogen-bond acceptors (Lipinski definition) is 4.